The molecule has 1 aromatic carbocycles. The Morgan fingerprint density at radius 2 is 1.94 bits per heavy atom. The van der Waals surface area contributed by atoms with Gasteiger partial charge in [-0.15, -0.1) is 0 Å². The third-order valence-electron chi connectivity index (χ3n) is 2.94. The van der Waals surface area contributed by atoms with Crippen LogP contribution >= 0.6 is 11.8 Å². The lowest BCUT2D eigenvalue weighted by Gasteiger charge is -2.28. The number of nitrogens with zero attached hydrogens (tertiary/aromatic N) is 1. The number of carbonyl (C=O) groups is 1. The molecule has 1 aliphatic heterocycles. The molecule has 1 heterocycles. The maximum absolute atomic E-state index is 12.1. The van der Waals surface area contributed by atoms with Crippen molar-refractivity contribution < 1.29 is 4.79 Å². The van der Waals surface area contributed by atoms with Gasteiger partial charge in [-0.1, -0.05) is 30.3 Å². The molecule has 1 fully saturated rings. The Morgan fingerprint density at radius 1 is 1.29 bits per heavy atom. The number of hydrogen-bond acceptors (Lipinski definition) is 3. The van der Waals surface area contributed by atoms with Crippen molar-refractivity contribution in [3.05, 3.63) is 35.9 Å². The Bertz CT molecular complexity index is 363. The largest absolute Gasteiger partial charge is 0.340 e. The first-order valence-corrected chi connectivity index (χ1v) is 7.09. The maximum atomic E-state index is 12.1. The van der Waals surface area contributed by atoms with Crippen LogP contribution in [0.5, 0.6) is 0 Å². The molecule has 0 bridgehead atoms. The molecule has 0 radical (unpaired) electrons. The SMILES string of the molecule is N[C@H](Cc1ccccc1)C(=O)N1CCSCC1. The fourth-order valence-electron chi connectivity index (χ4n) is 1.97. The molecule has 1 amide bonds. The molecule has 0 saturated carbocycles. The molecule has 0 aromatic heterocycles. The minimum Gasteiger partial charge on any atom is -0.340 e. The monoisotopic (exact) mass is 250 g/mol. The van der Waals surface area contributed by atoms with Crippen molar-refractivity contribution in [3.8, 4) is 0 Å². The summed E-state index contributed by atoms with van der Waals surface area (Å²) < 4.78 is 0. The summed E-state index contributed by atoms with van der Waals surface area (Å²) in [5, 5.41) is 0. The fourth-order valence-corrected chi connectivity index (χ4v) is 2.88. The average Bonchev–Trinajstić information content (AvgIpc) is 2.40. The summed E-state index contributed by atoms with van der Waals surface area (Å²) in [5.41, 5.74) is 7.11. The van der Waals surface area contributed by atoms with Crippen LogP contribution in [0.4, 0.5) is 0 Å². The quantitative estimate of drug-likeness (QED) is 0.875. The molecule has 0 aliphatic carbocycles. The fraction of sp³-hybridized carbons (Fsp3) is 0.462. The molecule has 1 saturated heterocycles. The highest BCUT2D eigenvalue weighted by Gasteiger charge is 2.22. The zero-order valence-electron chi connectivity index (χ0n) is 9.84. The lowest BCUT2D eigenvalue weighted by atomic mass is 10.1. The number of thioether (sulfide) groups is 1. The molecule has 92 valence electrons. The Balaban J connectivity index is 1.90. The zero-order chi connectivity index (χ0) is 12.1. The maximum Gasteiger partial charge on any atom is 0.239 e. The number of benzene rings is 1. The smallest absolute Gasteiger partial charge is 0.239 e. The normalized spacial score (nSPS) is 17.8. The summed E-state index contributed by atoms with van der Waals surface area (Å²) in [4.78, 5) is 14.0. The van der Waals surface area contributed by atoms with Crippen LogP contribution in [-0.2, 0) is 11.2 Å². The molecule has 3 nitrogen and oxygen atoms in total. The second-order valence-corrected chi connectivity index (χ2v) is 5.46. The van der Waals surface area contributed by atoms with Crippen LogP contribution in [0.15, 0.2) is 30.3 Å². The highest BCUT2D eigenvalue weighted by molar-refractivity contribution is 7.99. The third kappa shape index (κ3) is 3.48. The Labute approximate surface area is 106 Å². The van der Waals surface area contributed by atoms with E-state index in [0.29, 0.717) is 6.42 Å². The molecule has 2 rings (SSSR count). The number of carbonyl (C=O) groups excluding carboxylic acids is 1. The van der Waals surface area contributed by atoms with Gasteiger partial charge in [0.25, 0.3) is 0 Å². The minimum atomic E-state index is -0.402. The molecular formula is C13H18N2OS. The molecule has 0 spiro atoms. The summed E-state index contributed by atoms with van der Waals surface area (Å²) in [6.45, 7) is 1.68. The van der Waals surface area contributed by atoms with Gasteiger partial charge in [0, 0.05) is 24.6 Å². The van der Waals surface area contributed by atoms with Crippen molar-refractivity contribution in [2.24, 2.45) is 5.73 Å². The van der Waals surface area contributed by atoms with Gasteiger partial charge in [-0.05, 0) is 12.0 Å². The Hall–Kier alpha value is -1.00. The van der Waals surface area contributed by atoms with Crippen LogP contribution in [0.2, 0.25) is 0 Å². The van der Waals surface area contributed by atoms with Crippen LogP contribution in [0, 0.1) is 0 Å². The van der Waals surface area contributed by atoms with Gasteiger partial charge in [-0.25, -0.2) is 0 Å². The van der Waals surface area contributed by atoms with E-state index in [9.17, 15) is 4.79 Å². The lowest BCUT2D eigenvalue weighted by Crippen LogP contribution is -2.48. The lowest BCUT2D eigenvalue weighted by molar-refractivity contribution is -0.132. The number of amides is 1. The van der Waals surface area contributed by atoms with Crippen molar-refractivity contribution in [1.29, 1.82) is 0 Å². The van der Waals surface area contributed by atoms with E-state index >= 15 is 0 Å². The van der Waals surface area contributed by atoms with Crippen molar-refractivity contribution in [1.82, 2.24) is 4.90 Å². The predicted octanol–water partition coefficient (Wildman–Crippen LogP) is 1.13. The number of rotatable bonds is 3. The number of nitrogens with two attached hydrogens (primary N) is 1. The molecule has 4 heteroatoms. The Morgan fingerprint density at radius 3 is 2.59 bits per heavy atom. The molecule has 2 N–H and O–H groups in total. The average molecular weight is 250 g/mol. The zero-order valence-corrected chi connectivity index (χ0v) is 10.7. The van der Waals surface area contributed by atoms with Gasteiger partial charge in [0.1, 0.15) is 0 Å². The van der Waals surface area contributed by atoms with Gasteiger partial charge in [-0.2, -0.15) is 11.8 Å². The summed E-state index contributed by atoms with van der Waals surface area (Å²) in [6.07, 6.45) is 0.628. The van der Waals surface area contributed by atoms with Crippen molar-refractivity contribution in [2.45, 2.75) is 12.5 Å². The van der Waals surface area contributed by atoms with Crippen LogP contribution in [-0.4, -0.2) is 41.4 Å². The topological polar surface area (TPSA) is 46.3 Å². The first-order valence-electron chi connectivity index (χ1n) is 5.93. The first-order chi connectivity index (χ1) is 8.27. The molecule has 0 unspecified atom stereocenters. The molecular weight excluding hydrogens is 232 g/mol. The van der Waals surface area contributed by atoms with Crippen LogP contribution < -0.4 is 5.73 Å². The van der Waals surface area contributed by atoms with E-state index in [1.165, 1.54) is 0 Å². The van der Waals surface area contributed by atoms with E-state index in [2.05, 4.69) is 0 Å². The molecule has 1 aliphatic rings. The summed E-state index contributed by atoms with van der Waals surface area (Å²) >= 11 is 1.90. The first kappa shape index (κ1) is 12.5. The summed E-state index contributed by atoms with van der Waals surface area (Å²) in [5.74, 6) is 2.15. The number of hydrogen-bond donors (Lipinski definition) is 1. The highest BCUT2D eigenvalue weighted by Crippen LogP contribution is 2.11. The minimum absolute atomic E-state index is 0.0918. The van der Waals surface area contributed by atoms with E-state index in [1.54, 1.807) is 0 Å². The second kappa shape index (κ2) is 6.07. The van der Waals surface area contributed by atoms with Crippen LogP contribution in [0.1, 0.15) is 5.56 Å². The van der Waals surface area contributed by atoms with E-state index in [-0.39, 0.29) is 5.91 Å². The molecule has 1 atom stereocenters. The Kier molecular flexibility index (Phi) is 4.45. The van der Waals surface area contributed by atoms with E-state index in [4.69, 9.17) is 5.73 Å². The standard InChI is InChI=1S/C13H18N2OS/c14-12(10-11-4-2-1-3-5-11)13(16)15-6-8-17-9-7-15/h1-5,12H,6-10,14H2/t12-/m1/s1. The van der Waals surface area contributed by atoms with E-state index in [0.717, 1.165) is 30.2 Å². The van der Waals surface area contributed by atoms with Gasteiger partial charge in [-0.3, -0.25) is 4.79 Å². The van der Waals surface area contributed by atoms with Gasteiger partial charge < -0.3 is 10.6 Å². The van der Waals surface area contributed by atoms with Crippen molar-refractivity contribution in [3.63, 3.8) is 0 Å². The van der Waals surface area contributed by atoms with Gasteiger partial charge >= 0.3 is 0 Å². The summed E-state index contributed by atoms with van der Waals surface area (Å²) in [7, 11) is 0. The third-order valence-corrected chi connectivity index (χ3v) is 3.88. The predicted molar refractivity (Wildman–Crippen MR) is 72.0 cm³/mol. The van der Waals surface area contributed by atoms with Crippen molar-refractivity contribution in [2.75, 3.05) is 24.6 Å². The van der Waals surface area contributed by atoms with Crippen LogP contribution in [0.25, 0.3) is 0 Å². The molecule has 1 aromatic rings. The van der Waals surface area contributed by atoms with E-state index < -0.39 is 6.04 Å². The van der Waals surface area contributed by atoms with Gasteiger partial charge in [0.05, 0.1) is 6.04 Å². The van der Waals surface area contributed by atoms with Crippen molar-refractivity contribution >= 4 is 17.7 Å². The van der Waals surface area contributed by atoms with Gasteiger partial charge in [0.15, 0.2) is 0 Å². The summed E-state index contributed by atoms with van der Waals surface area (Å²) in [6, 6.07) is 9.55. The van der Waals surface area contributed by atoms with E-state index in [1.807, 2.05) is 47.0 Å². The molecule has 17 heavy (non-hydrogen) atoms. The second-order valence-electron chi connectivity index (χ2n) is 4.23. The van der Waals surface area contributed by atoms with Gasteiger partial charge in [0.2, 0.25) is 5.91 Å². The van der Waals surface area contributed by atoms with Crippen LogP contribution in [0.3, 0.4) is 0 Å². The highest BCUT2D eigenvalue weighted by atomic mass is 32.2.